The normalized spacial score (nSPS) is 11.0. The molecular weight excluding hydrogens is 339 g/mol. The first-order valence-electron chi connectivity index (χ1n) is 7.97. The topological polar surface area (TPSA) is 59.3 Å². The molecule has 1 aromatic carbocycles. The largest absolute Gasteiger partial charge is 0.351 e. The molecule has 0 atom stereocenters. The lowest BCUT2D eigenvalue weighted by Crippen LogP contribution is -2.25. The van der Waals surface area contributed by atoms with E-state index in [4.69, 9.17) is 0 Å². The molecule has 0 saturated carbocycles. The van der Waals surface area contributed by atoms with Crippen molar-refractivity contribution < 1.29 is 9.18 Å². The number of benzene rings is 1. The molecule has 0 aliphatic rings. The van der Waals surface area contributed by atoms with E-state index in [0.29, 0.717) is 34.8 Å². The number of thioether (sulfide) groups is 1. The lowest BCUT2D eigenvalue weighted by Gasteiger charge is -2.06. The fourth-order valence-corrected chi connectivity index (χ4v) is 3.40. The van der Waals surface area contributed by atoms with E-state index in [-0.39, 0.29) is 11.7 Å². The van der Waals surface area contributed by atoms with Crippen molar-refractivity contribution in [2.24, 2.45) is 0 Å². The highest BCUT2D eigenvalue weighted by Gasteiger charge is 2.15. The van der Waals surface area contributed by atoms with E-state index in [9.17, 15) is 9.18 Å². The number of nitrogens with one attached hydrogen (secondary N) is 1. The van der Waals surface area contributed by atoms with Gasteiger partial charge < -0.3 is 5.32 Å². The average molecular weight is 358 g/mol. The predicted molar refractivity (Wildman–Crippen MR) is 97.4 cm³/mol. The van der Waals surface area contributed by atoms with Crippen LogP contribution in [0.3, 0.4) is 0 Å². The van der Waals surface area contributed by atoms with Crippen LogP contribution >= 0.6 is 11.8 Å². The Labute approximate surface area is 149 Å². The summed E-state index contributed by atoms with van der Waals surface area (Å²) in [5.74, 6) is 0.894. The number of nitrogens with zero attached hydrogens (tertiary/aromatic N) is 3. The molecule has 3 aromatic rings. The minimum Gasteiger partial charge on any atom is -0.351 e. The number of amides is 1. The predicted octanol–water partition coefficient (Wildman–Crippen LogP) is 3.15. The first kappa shape index (κ1) is 17.4. The molecular formula is C18H19FN4OS. The lowest BCUT2D eigenvalue weighted by atomic mass is 10.2. The zero-order valence-corrected chi connectivity index (χ0v) is 14.9. The first-order valence-corrected chi connectivity index (χ1v) is 9.13. The maximum absolute atomic E-state index is 13.5. The third kappa shape index (κ3) is 3.99. The van der Waals surface area contributed by atoms with E-state index in [1.54, 1.807) is 28.4 Å². The smallest absolute Gasteiger partial charge is 0.256 e. The fraction of sp³-hybridized carbons (Fsp3) is 0.278. The highest BCUT2D eigenvalue weighted by molar-refractivity contribution is 7.98. The number of carbonyl (C=O) groups excluding carboxylic acids is 1. The third-order valence-corrected chi connectivity index (χ3v) is 4.78. The van der Waals surface area contributed by atoms with Gasteiger partial charge in [-0.1, -0.05) is 18.2 Å². The summed E-state index contributed by atoms with van der Waals surface area (Å²) in [6, 6.07) is 8.65. The van der Waals surface area contributed by atoms with Gasteiger partial charge in [0.25, 0.3) is 5.91 Å². The molecule has 7 heteroatoms. The molecule has 3 rings (SSSR count). The van der Waals surface area contributed by atoms with Crippen LogP contribution in [0.2, 0.25) is 0 Å². The van der Waals surface area contributed by atoms with Crippen molar-refractivity contribution in [3.8, 4) is 0 Å². The summed E-state index contributed by atoms with van der Waals surface area (Å²) in [4.78, 5) is 16.8. The summed E-state index contributed by atoms with van der Waals surface area (Å²) >= 11 is 1.58. The second kappa shape index (κ2) is 7.65. The number of fused-ring (bicyclic) bond motifs is 1. The highest BCUT2D eigenvalue weighted by Crippen LogP contribution is 2.15. The quantitative estimate of drug-likeness (QED) is 0.688. The number of carbonyl (C=O) groups is 1. The molecule has 1 amide bonds. The van der Waals surface area contributed by atoms with Gasteiger partial charge in [-0.15, -0.1) is 0 Å². The SMILES string of the molecule is Cc1cc(C)n2ncc(C(=O)NCCSCc3ccccc3F)c2n1. The van der Waals surface area contributed by atoms with E-state index >= 15 is 0 Å². The van der Waals surface area contributed by atoms with Gasteiger partial charge in [0.2, 0.25) is 0 Å². The van der Waals surface area contributed by atoms with E-state index < -0.39 is 0 Å². The second-order valence-electron chi connectivity index (χ2n) is 5.73. The zero-order chi connectivity index (χ0) is 17.8. The number of aryl methyl sites for hydroxylation is 2. The molecule has 2 aromatic heterocycles. The van der Waals surface area contributed by atoms with Crippen molar-refractivity contribution in [2.75, 3.05) is 12.3 Å². The Bertz CT molecular complexity index is 909. The second-order valence-corrected chi connectivity index (χ2v) is 6.84. The van der Waals surface area contributed by atoms with Crippen LogP contribution in [0, 0.1) is 19.7 Å². The summed E-state index contributed by atoms with van der Waals surface area (Å²) in [5, 5.41) is 7.09. The van der Waals surface area contributed by atoms with Crippen LogP contribution in [0.1, 0.15) is 27.3 Å². The van der Waals surface area contributed by atoms with Gasteiger partial charge in [-0.2, -0.15) is 16.9 Å². The Morgan fingerprint density at radius 3 is 2.92 bits per heavy atom. The van der Waals surface area contributed by atoms with Crippen molar-refractivity contribution in [3.63, 3.8) is 0 Å². The molecule has 0 saturated heterocycles. The maximum atomic E-state index is 13.5. The molecule has 0 aliphatic carbocycles. The Hall–Kier alpha value is -2.41. The molecule has 2 heterocycles. The summed E-state index contributed by atoms with van der Waals surface area (Å²) in [6.07, 6.45) is 1.54. The van der Waals surface area contributed by atoms with Crippen LogP contribution in [0.4, 0.5) is 4.39 Å². The molecule has 1 N–H and O–H groups in total. The fourth-order valence-electron chi connectivity index (χ4n) is 2.56. The van der Waals surface area contributed by atoms with Gasteiger partial charge >= 0.3 is 0 Å². The van der Waals surface area contributed by atoms with Gasteiger partial charge in [-0.05, 0) is 31.5 Å². The summed E-state index contributed by atoms with van der Waals surface area (Å²) in [5.41, 5.74) is 3.48. The van der Waals surface area contributed by atoms with Crippen LogP contribution < -0.4 is 5.32 Å². The molecule has 0 bridgehead atoms. The van der Waals surface area contributed by atoms with Crippen molar-refractivity contribution in [3.05, 3.63) is 64.9 Å². The molecule has 25 heavy (non-hydrogen) atoms. The highest BCUT2D eigenvalue weighted by atomic mass is 32.2. The molecule has 0 spiro atoms. The molecule has 0 aliphatic heterocycles. The van der Waals surface area contributed by atoms with Crippen LogP contribution in [0.15, 0.2) is 36.5 Å². The van der Waals surface area contributed by atoms with Gasteiger partial charge in [0.05, 0.1) is 6.20 Å². The number of halogens is 1. The molecule has 0 fully saturated rings. The Kier molecular flexibility index (Phi) is 5.33. The van der Waals surface area contributed by atoms with E-state index in [2.05, 4.69) is 15.4 Å². The van der Waals surface area contributed by atoms with Crippen molar-refractivity contribution in [1.29, 1.82) is 0 Å². The molecule has 5 nitrogen and oxygen atoms in total. The van der Waals surface area contributed by atoms with Gasteiger partial charge in [0, 0.05) is 29.4 Å². The van der Waals surface area contributed by atoms with E-state index in [1.165, 1.54) is 12.3 Å². The lowest BCUT2D eigenvalue weighted by molar-refractivity contribution is 0.0957. The standard InChI is InChI=1S/C18H19FN4OS/c1-12-9-13(2)23-17(22-12)15(10-21-23)18(24)20-7-8-25-11-14-5-3-4-6-16(14)19/h3-6,9-10H,7-8,11H2,1-2H3,(H,20,24). The zero-order valence-electron chi connectivity index (χ0n) is 14.1. The third-order valence-electron chi connectivity index (χ3n) is 3.77. The summed E-state index contributed by atoms with van der Waals surface area (Å²) < 4.78 is 15.2. The average Bonchev–Trinajstić information content (AvgIpc) is 3.00. The monoisotopic (exact) mass is 358 g/mol. The molecule has 0 radical (unpaired) electrons. The van der Waals surface area contributed by atoms with E-state index in [0.717, 1.165) is 11.4 Å². The molecule has 130 valence electrons. The Balaban J connectivity index is 1.54. The number of aromatic nitrogens is 3. The van der Waals surface area contributed by atoms with Crippen LogP contribution in [0.5, 0.6) is 0 Å². The molecule has 0 unspecified atom stereocenters. The Morgan fingerprint density at radius 1 is 1.32 bits per heavy atom. The van der Waals surface area contributed by atoms with Gasteiger partial charge in [-0.3, -0.25) is 4.79 Å². The van der Waals surface area contributed by atoms with Gasteiger partial charge in [-0.25, -0.2) is 13.9 Å². The van der Waals surface area contributed by atoms with E-state index in [1.807, 2.05) is 26.0 Å². The Morgan fingerprint density at radius 2 is 2.12 bits per heavy atom. The van der Waals surface area contributed by atoms with Crippen LogP contribution in [0.25, 0.3) is 5.65 Å². The van der Waals surface area contributed by atoms with Gasteiger partial charge in [0.15, 0.2) is 5.65 Å². The number of hydrogen-bond acceptors (Lipinski definition) is 4. The van der Waals surface area contributed by atoms with Gasteiger partial charge in [0.1, 0.15) is 11.4 Å². The van der Waals surface area contributed by atoms with Crippen LogP contribution in [-0.4, -0.2) is 32.8 Å². The van der Waals surface area contributed by atoms with Crippen molar-refractivity contribution >= 4 is 23.3 Å². The minimum absolute atomic E-state index is 0.192. The first-order chi connectivity index (χ1) is 12.1. The number of rotatable bonds is 6. The summed E-state index contributed by atoms with van der Waals surface area (Å²) in [7, 11) is 0. The number of hydrogen-bond donors (Lipinski definition) is 1. The van der Waals surface area contributed by atoms with Crippen molar-refractivity contribution in [2.45, 2.75) is 19.6 Å². The maximum Gasteiger partial charge on any atom is 0.256 e. The summed E-state index contributed by atoms with van der Waals surface area (Å²) in [6.45, 7) is 4.32. The van der Waals surface area contributed by atoms with Crippen LogP contribution in [-0.2, 0) is 5.75 Å². The minimum atomic E-state index is -0.195. The van der Waals surface area contributed by atoms with Crippen molar-refractivity contribution in [1.82, 2.24) is 19.9 Å².